The van der Waals surface area contributed by atoms with Crippen molar-refractivity contribution in [2.45, 2.75) is 50.7 Å². The number of rotatable bonds is 3. The van der Waals surface area contributed by atoms with Crippen LogP contribution in [-0.2, 0) is 14.3 Å². The highest BCUT2D eigenvalue weighted by atomic mass is 16.5. The average molecular weight is 343 g/mol. The lowest BCUT2D eigenvalue weighted by atomic mass is 9.82. The summed E-state index contributed by atoms with van der Waals surface area (Å²) in [6, 6.07) is 3.68. The third-order valence-electron chi connectivity index (χ3n) is 5.95. The number of carbonyl (C=O) groups is 2. The van der Waals surface area contributed by atoms with Crippen molar-refractivity contribution in [3.05, 3.63) is 24.5 Å². The van der Waals surface area contributed by atoms with Gasteiger partial charge in [0.1, 0.15) is 6.61 Å². The molecule has 1 atom stereocenters. The zero-order valence-corrected chi connectivity index (χ0v) is 14.7. The van der Waals surface area contributed by atoms with E-state index in [1.165, 1.54) is 12.8 Å². The SMILES string of the molecule is CC1N(c2cccnc2)C(=O)COC12CCN(C(=O)CC1CC1)CC2. The van der Waals surface area contributed by atoms with E-state index in [9.17, 15) is 9.59 Å². The van der Waals surface area contributed by atoms with Crippen LogP contribution in [0.1, 0.15) is 39.0 Å². The lowest BCUT2D eigenvalue weighted by Gasteiger charge is -2.51. The van der Waals surface area contributed by atoms with Gasteiger partial charge < -0.3 is 14.5 Å². The number of piperidine rings is 1. The van der Waals surface area contributed by atoms with Gasteiger partial charge in [-0.15, -0.1) is 0 Å². The molecule has 4 rings (SSSR count). The van der Waals surface area contributed by atoms with E-state index in [4.69, 9.17) is 4.74 Å². The highest BCUT2D eigenvalue weighted by molar-refractivity contribution is 5.95. The Kier molecular flexibility index (Phi) is 4.23. The Bertz CT molecular complexity index is 651. The molecule has 2 saturated heterocycles. The fraction of sp³-hybridized carbons (Fsp3) is 0.632. The highest BCUT2D eigenvalue weighted by Gasteiger charge is 2.49. The number of carbonyl (C=O) groups excluding carboxylic acids is 2. The van der Waals surface area contributed by atoms with Crippen molar-refractivity contribution in [3.63, 3.8) is 0 Å². The Morgan fingerprint density at radius 2 is 2.12 bits per heavy atom. The van der Waals surface area contributed by atoms with Gasteiger partial charge in [0.25, 0.3) is 5.91 Å². The Morgan fingerprint density at radius 1 is 1.36 bits per heavy atom. The molecule has 1 aliphatic carbocycles. The minimum Gasteiger partial charge on any atom is -0.363 e. The topological polar surface area (TPSA) is 62.7 Å². The van der Waals surface area contributed by atoms with Crippen molar-refractivity contribution in [1.29, 1.82) is 0 Å². The molecule has 2 amide bonds. The van der Waals surface area contributed by atoms with Crippen LogP contribution in [0.2, 0.25) is 0 Å². The van der Waals surface area contributed by atoms with Crippen LogP contribution < -0.4 is 4.90 Å². The lowest BCUT2D eigenvalue weighted by Crippen LogP contribution is -2.64. The number of morpholine rings is 1. The van der Waals surface area contributed by atoms with Gasteiger partial charge in [0.05, 0.1) is 23.5 Å². The van der Waals surface area contributed by atoms with Crippen LogP contribution >= 0.6 is 0 Å². The number of hydrogen-bond donors (Lipinski definition) is 0. The van der Waals surface area contributed by atoms with Crippen LogP contribution in [0.25, 0.3) is 0 Å². The first-order valence-corrected chi connectivity index (χ1v) is 9.23. The van der Waals surface area contributed by atoms with Crippen molar-refractivity contribution in [2.75, 3.05) is 24.6 Å². The molecule has 0 aromatic carbocycles. The van der Waals surface area contributed by atoms with E-state index < -0.39 is 0 Å². The van der Waals surface area contributed by atoms with E-state index >= 15 is 0 Å². The van der Waals surface area contributed by atoms with Gasteiger partial charge in [0, 0.05) is 25.7 Å². The molecule has 3 aliphatic rings. The van der Waals surface area contributed by atoms with Crippen LogP contribution in [0.15, 0.2) is 24.5 Å². The van der Waals surface area contributed by atoms with E-state index in [1.807, 2.05) is 28.9 Å². The van der Waals surface area contributed by atoms with Crippen LogP contribution in [0.4, 0.5) is 5.69 Å². The Balaban J connectivity index is 1.46. The van der Waals surface area contributed by atoms with Gasteiger partial charge >= 0.3 is 0 Å². The van der Waals surface area contributed by atoms with Gasteiger partial charge in [-0.05, 0) is 50.7 Å². The van der Waals surface area contributed by atoms with Gasteiger partial charge in [0.15, 0.2) is 0 Å². The summed E-state index contributed by atoms with van der Waals surface area (Å²) in [5, 5.41) is 0. The summed E-state index contributed by atoms with van der Waals surface area (Å²) < 4.78 is 6.05. The largest absolute Gasteiger partial charge is 0.363 e. The second-order valence-electron chi connectivity index (χ2n) is 7.53. The first-order valence-electron chi connectivity index (χ1n) is 9.23. The summed E-state index contributed by atoms with van der Waals surface area (Å²) >= 11 is 0. The molecule has 25 heavy (non-hydrogen) atoms. The molecule has 1 spiro atoms. The Morgan fingerprint density at radius 3 is 2.76 bits per heavy atom. The molecule has 0 radical (unpaired) electrons. The number of likely N-dealkylation sites (tertiary alicyclic amines) is 1. The summed E-state index contributed by atoms with van der Waals surface area (Å²) in [7, 11) is 0. The molecule has 3 fully saturated rings. The van der Waals surface area contributed by atoms with Crippen LogP contribution in [0.5, 0.6) is 0 Å². The van der Waals surface area contributed by atoms with Crippen molar-refractivity contribution >= 4 is 17.5 Å². The maximum atomic E-state index is 12.4. The van der Waals surface area contributed by atoms with Crippen molar-refractivity contribution in [3.8, 4) is 0 Å². The van der Waals surface area contributed by atoms with Gasteiger partial charge in [-0.2, -0.15) is 0 Å². The Hall–Kier alpha value is -1.95. The second-order valence-corrected chi connectivity index (χ2v) is 7.53. The normalized spacial score (nSPS) is 26.1. The third-order valence-corrected chi connectivity index (χ3v) is 5.95. The van der Waals surface area contributed by atoms with E-state index in [0.717, 1.165) is 18.5 Å². The highest BCUT2D eigenvalue weighted by Crippen LogP contribution is 2.38. The molecule has 1 aromatic rings. The Labute approximate surface area is 148 Å². The molecular weight excluding hydrogens is 318 g/mol. The molecule has 6 nitrogen and oxygen atoms in total. The number of anilines is 1. The van der Waals surface area contributed by atoms with Crippen LogP contribution in [0.3, 0.4) is 0 Å². The number of pyridine rings is 1. The van der Waals surface area contributed by atoms with E-state index in [-0.39, 0.29) is 30.1 Å². The number of aromatic nitrogens is 1. The molecule has 0 N–H and O–H groups in total. The lowest BCUT2D eigenvalue weighted by molar-refractivity contribution is -0.157. The molecule has 1 saturated carbocycles. The van der Waals surface area contributed by atoms with Crippen molar-refractivity contribution < 1.29 is 14.3 Å². The predicted molar refractivity (Wildman–Crippen MR) is 93.0 cm³/mol. The summed E-state index contributed by atoms with van der Waals surface area (Å²) in [5.74, 6) is 0.867. The van der Waals surface area contributed by atoms with Crippen molar-refractivity contribution in [1.82, 2.24) is 9.88 Å². The second kappa shape index (κ2) is 6.41. The average Bonchev–Trinajstić information content (AvgIpc) is 3.44. The van der Waals surface area contributed by atoms with Gasteiger partial charge in [-0.3, -0.25) is 14.6 Å². The maximum Gasteiger partial charge on any atom is 0.253 e. The zero-order chi connectivity index (χ0) is 17.4. The number of ether oxygens (including phenoxy) is 1. The monoisotopic (exact) mass is 343 g/mol. The molecule has 3 heterocycles. The molecule has 6 heteroatoms. The zero-order valence-electron chi connectivity index (χ0n) is 14.7. The fourth-order valence-electron chi connectivity index (χ4n) is 4.11. The minimum absolute atomic E-state index is 0.0293. The molecule has 1 unspecified atom stereocenters. The number of nitrogens with zero attached hydrogens (tertiary/aromatic N) is 3. The fourth-order valence-corrected chi connectivity index (χ4v) is 4.11. The van der Waals surface area contributed by atoms with Crippen LogP contribution in [0, 0.1) is 5.92 Å². The van der Waals surface area contributed by atoms with Gasteiger partial charge in [0.2, 0.25) is 5.91 Å². The molecule has 1 aromatic heterocycles. The summed E-state index contributed by atoms with van der Waals surface area (Å²) in [6.07, 6.45) is 8.07. The van der Waals surface area contributed by atoms with E-state index in [1.54, 1.807) is 12.4 Å². The molecule has 134 valence electrons. The summed E-state index contributed by atoms with van der Waals surface area (Å²) in [5.41, 5.74) is 0.440. The molecule has 0 bridgehead atoms. The maximum absolute atomic E-state index is 12.4. The smallest absolute Gasteiger partial charge is 0.253 e. The number of hydrogen-bond acceptors (Lipinski definition) is 4. The van der Waals surface area contributed by atoms with Gasteiger partial charge in [-0.1, -0.05) is 0 Å². The molecular formula is C19H25N3O3. The first kappa shape index (κ1) is 16.5. The summed E-state index contributed by atoms with van der Waals surface area (Å²) in [6.45, 7) is 3.57. The van der Waals surface area contributed by atoms with Crippen LogP contribution in [-0.4, -0.2) is 53.0 Å². The van der Waals surface area contributed by atoms with E-state index in [0.29, 0.717) is 25.4 Å². The number of amides is 2. The van der Waals surface area contributed by atoms with Gasteiger partial charge in [-0.25, -0.2) is 0 Å². The summed E-state index contributed by atoms with van der Waals surface area (Å²) in [4.78, 5) is 32.7. The van der Waals surface area contributed by atoms with Crippen molar-refractivity contribution in [2.24, 2.45) is 5.92 Å². The predicted octanol–water partition coefficient (Wildman–Crippen LogP) is 1.99. The van der Waals surface area contributed by atoms with E-state index in [2.05, 4.69) is 4.98 Å². The first-order chi connectivity index (χ1) is 12.1. The minimum atomic E-state index is -0.375. The third kappa shape index (κ3) is 3.15. The standard InChI is InChI=1S/C19H25N3O3/c1-14-19(6-9-21(10-7-19)17(23)11-15-4-5-15)25-13-18(24)22(14)16-3-2-8-20-12-16/h2-3,8,12,14-15H,4-7,9-11,13H2,1H3. The molecule has 2 aliphatic heterocycles. The quantitative estimate of drug-likeness (QED) is 0.842.